The van der Waals surface area contributed by atoms with Gasteiger partial charge in [0, 0.05) is 17.0 Å². The molecular weight excluding hydrogens is 226 g/mol. The lowest BCUT2D eigenvalue weighted by molar-refractivity contribution is 0.163. The highest BCUT2D eigenvalue weighted by Crippen LogP contribution is 2.28. The second-order valence-electron chi connectivity index (χ2n) is 3.49. The molecule has 0 fully saturated rings. The van der Waals surface area contributed by atoms with Crippen molar-refractivity contribution in [2.24, 2.45) is 0 Å². The molecule has 2 aromatic rings. The third-order valence-corrected chi connectivity index (χ3v) is 2.41. The van der Waals surface area contributed by atoms with Crippen molar-refractivity contribution >= 4 is 16.6 Å². The van der Waals surface area contributed by atoms with Crippen molar-refractivity contribution in [1.82, 2.24) is 4.98 Å². The molecule has 0 spiro atoms. The van der Waals surface area contributed by atoms with Crippen LogP contribution in [0.3, 0.4) is 0 Å². The molecule has 0 aliphatic carbocycles. The van der Waals surface area contributed by atoms with Gasteiger partial charge in [0.05, 0.1) is 13.7 Å². The van der Waals surface area contributed by atoms with Gasteiger partial charge >= 0.3 is 0 Å². The van der Waals surface area contributed by atoms with Gasteiger partial charge < -0.3 is 10.1 Å². The number of nitrogens with one attached hydrogen (secondary N) is 1. The first-order valence-corrected chi connectivity index (χ1v) is 5.16. The zero-order chi connectivity index (χ0) is 12.3. The number of aromatic nitrogens is 1. The monoisotopic (exact) mass is 238 g/mol. The van der Waals surface area contributed by atoms with Crippen molar-refractivity contribution < 1.29 is 13.5 Å². The molecule has 90 valence electrons. The molecule has 3 nitrogen and oxygen atoms in total. The van der Waals surface area contributed by atoms with Crippen LogP contribution in [0, 0.1) is 0 Å². The molecule has 1 N–H and O–H groups in total. The number of pyridine rings is 1. The Bertz CT molecular complexity index is 517. The Hall–Kier alpha value is -1.91. The topological polar surface area (TPSA) is 34.1 Å². The van der Waals surface area contributed by atoms with Crippen LogP contribution in [0.25, 0.3) is 10.8 Å². The normalized spacial score (nSPS) is 10.8. The molecule has 0 atom stereocenters. The van der Waals surface area contributed by atoms with E-state index >= 15 is 0 Å². The first-order chi connectivity index (χ1) is 8.22. The zero-order valence-corrected chi connectivity index (χ0v) is 9.28. The van der Waals surface area contributed by atoms with Gasteiger partial charge in [0.25, 0.3) is 6.43 Å². The number of ether oxygens (including phenoxy) is 1. The Labute approximate surface area is 97.4 Å². The van der Waals surface area contributed by atoms with Gasteiger partial charge in [0.2, 0.25) is 0 Å². The Morgan fingerprint density at radius 3 is 2.82 bits per heavy atom. The quantitative estimate of drug-likeness (QED) is 0.889. The van der Waals surface area contributed by atoms with Gasteiger partial charge in [-0.05, 0) is 12.1 Å². The lowest BCUT2D eigenvalue weighted by Gasteiger charge is -2.10. The first kappa shape index (κ1) is 11.6. The summed E-state index contributed by atoms with van der Waals surface area (Å²) in [6.07, 6.45) is -0.837. The molecule has 1 aromatic heterocycles. The molecule has 0 bridgehead atoms. The van der Waals surface area contributed by atoms with Crippen molar-refractivity contribution in [3.05, 3.63) is 30.5 Å². The van der Waals surface area contributed by atoms with Crippen LogP contribution in [-0.4, -0.2) is 25.1 Å². The van der Waals surface area contributed by atoms with E-state index in [1.54, 1.807) is 25.4 Å². The molecule has 0 saturated carbocycles. The van der Waals surface area contributed by atoms with Gasteiger partial charge in [-0.2, -0.15) is 0 Å². The molecule has 0 amide bonds. The third-order valence-electron chi connectivity index (χ3n) is 2.41. The SMILES string of the molecule is COc1cccc2c(NCC(F)F)nccc12. The number of benzene rings is 1. The fourth-order valence-electron chi connectivity index (χ4n) is 1.67. The smallest absolute Gasteiger partial charge is 0.255 e. The molecule has 0 radical (unpaired) electrons. The summed E-state index contributed by atoms with van der Waals surface area (Å²) in [7, 11) is 1.57. The summed E-state index contributed by atoms with van der Waals surface area (Å²) < 4.78 is 29.5. The summed E-state index contributed by atoms with van der Waals surface area (Å²) in [6, 6.07) is 7.23. The highest BCUT2D eigenvalue weighted by molar-refractivity contribution is 5.95. The van der Waals surface area contributed by atoms with Crippen LogP contribution >= 0.6 is 0 Å². The second-order valence-corrected chi connectivity index (χ2v) is 3.49. The molecule has 2 rings (SSSR count). The Kier molecular flexibility index (Phi) is 3.37. The van der Waals surface area contributed by atoms with Crippen LogP contribution in [0.15, 0.2) is 30.5 Å². The number of fused-ring (bicyclic) bond motifs is 1. The predicted octanol–water partition coefficient (Wildman–Crippen LogP) is 2.92. The Morgan fingerprint density at radius 1 is 1.29 bits per heavy atom. The van der Waals surface area contributed by atoms with Crippen molar-refractivity contribution in [3.63, 3.8) is 0 Å². The van der Waals surface area contributed by atoms with E-state index in [2.05, 4.69) is 10.3 Å². The van der Waals surface area contributed by atoms with Gasteiger partial charge in [-0.15, -0.1) is 0 Å². The highest BCUT2D eigenvalue weighted by atomic mass is 19.3. The molecule has 0 unspecified atom stereocenters. The lowest BCUT2D eigenvalue weighted by Crippen LogP contribution is -2.11. The second kappa shape index (κ2) is 4.95. The molecule has 0 saturated heterocycles. The van der Waals surface area contributed by atoms with Gasteiger partial charge in [-0.3, -0.25) is 0 Å². The summed E-state index contributed by atoms with van der Waals surface area (Å²) in [5, 5.41) is 4.24. The van der Waals surface area contributed by atoms with Crippen LogP contribution in [-0.2, 0) is 0 Å². The van der Waals surface area contributed by atoms with E-state index in [-0.39, 0.29) is 0 Å². The van der Waals surface area contributed by atoms with Crippen molar-refractivity contribution in [3.8, 4) is 5.75 Å². The Morgan fingerprint density at radius 2 is 2.12 bits per heavy atom. The van der Waals surface area contributed by atoms with Gasteiger partial charge in [0.1, 0.15) is 11.6 Å². The van der Waals surface area contributed by atoms with Crippen molar-refractivity contribution in [2.75, 3.05) is 19.0 Å². The Balaban J connectivity index is 2.43. The minimum absolute atomic E-state index is 0.413. The lowest BCUT2D eigenvalue weighted by atomic mass is 10.1. The summed E-state index contributed by atoms with van der Waals surface area (Å²) in [6.45, 7) is -0.413. The van der Waals surface area contributed by atoms with E-state index in [9.17, 15) is 8.78 Å². The summed E-state index contributed by atoms with van der Waals surface area (Å²) in [5.74, 6) is 1.15. The van der Waals surface area contributed by atoms with E-state index in [4.69, 9.17) is 4.74 Å². The van der Waals surface area contributed by atoms with Crippen LogP contribution < -0.4 is 10.1 Å². The minimum atomic E-state index is -2.40. The number of hydrogen-bond donors (Lipinski definition) is 1. The maximum Gasteiger partial charge on any atom is 0.255 e. The van der Waals surface area contributed by atoms with E-state index in [1.807, 2.05) is 12.1 Å². The molecule has 1 heterocycles. The highest BCUT2D eigenvalue weighted by Gasteiger charge is 2.08. The standard InChI is InChI=1S/C12H12F2N2O/c1-17-10-4-2-3-9-8(10)5-6-15-12(9)16-7-11(13)14/h2-6,11H,7H2,1H3,(H,15,16). The maximum absolute atomic E-state index is 12.2. The first-order valence-electron chi connectivity index (χ1n) is 5.16. The minimum Gasteiger partial charge on any atom is -0.496 e. The van der Waals surface area contributed by atoms with E-state index in [1.165, 1.54) is 0 Å². The average Bonchev–Trinajstić information content (AvgIpc) is 2.35. The number of nitrogens with zero attached hydrogens (tertiary/aromatic N) is 1. The van der Waals surface area contributed by atoms with Crippen LogP contribution in [0.2, 0.25) is 0 Å². The molecule has 0 aliphatic heterocycles. The zero-order valence-electron chi connectivity index (χ0n) is 9.28. The van der Waals surface area contributed by atoms with E-state index in [0.717, 1.165) is 10.8 Å². The van der Waals surface area contributed by atoms with Crippen molar-refractivity contribution in [1.29, 1.82) is 0 Å². The number of methoxy groups -OCH3 is 1. The number of rotatable bonds is 4. The van der Waals surface area contributed by atoms with Crippen LogP contribution in [0.4, 0.5) is 14.6 Å². The fourth-order valence-corrected chi connectivity index (χ4v) is 1.67. The fraction of sp³-hybridized carbons (Fsp3) is 0.250. The number of halogens is 2. The summed E-state index contributed by atoms with van der Waals surface area (Å²) in [5.41, 5.74) is 0. The van der Waals surface area contributed by atoms with Crippen molar-refractivity contribution in [2.45, 2.75) is 6.43 Å². The molecule has 1 aromatic carbocycles. The number of alkyl halides is 2. The molecular formula is C12H12F2N2O. The number of hydrogen-bond acceptors (Lipinski definition) is 3. The maximum atomic E-state index is 12.2. The number of anilines is 1. The van der Waals surface area contributed by atoms with Gasteiger partial charge in [-0.25, -0.2) is 13.8 Å². The van der Waals surface area contributed by atoms with E-state index < -0.39 is 13.0 Å². The van der Waals surface area contributed by atoms with Crippen LogP contribution in [0.1, 0.15) is 0 Å². The third kappa shape index (κ3) is 2.43. The largest absolute Gasteiger partial charge is 0.496 e. The molecule has 5 heteroatoms. The summed E-state index contributed by atoms with van der Waals surface area (Å²) >= 11 is 0. The van der Waals surface area contributed by atoms with Gasteiger partial charge in [-0.1, -0.05) is 12.1 Å². The van der Waals surface area contributed by atoms with Crippen LogP contribution in [0.5, 0.6) is 5.75 Å². The molecule has 0 aliphatic rings. The van der Waals surface area contributed by atoms with E-state index in [0.29, 0.717) is 11.6 Å². The molecule has 17 heavy (non-hydrogen) atoms. The predicted molar refractivity (Wildman–Crippen MR) is 62.8 cm³/mol. The average molecular weight is 238 g/mol. The van der Waals surface area contributed by atoms with Gasteiger partial charge in [0.15, 0.2) is 0 Å². The summed E-state index contributed by atoms with van der Waals surface area (Å²) in [4.78, 5) is 4.05.